The minimum Gasteiger partial charge on any atom is -0.389 e. The summed E-state index contributed by atoms with van der Waals surface area (Å²) in [6, 6.07) is 16.0. The second kappa shape index (κ2) is 10.6. The van der Waals surface area contributed by atoms with Crippen LogP contribution in [-0.4, -0.2) is 73.8 Å². The fourth-order valence-corrected chi connectivity index (χ4v) is 4.64. The van der Waals surface area contributed by atoms with Crippen LogP contribution in [0.1, 0.15) is 19.4 Å². The largest absolute Gasteiger partial charge is 0.389 e. The van der Waals surface area contributed by atoms with Gasteiger partial charge in [0.1, 0.15) is 6.33 Å². The highest BCUT2D eigenvalue weighted by atomic mass is 16.3. The topological polar surface area (TPSA) is 125 Å². The average molecular weight is 513 g/mol. The highest BCUT2D eigenvalue weighted by Gasteiger charge is 2.22. The summed E-state index contributed by atoms with van der Waals surface area (Å²) >= 11 is 0. The van der Waals surface area contributed by atoms with Crippen molar-refractivity contribution in [2.75, 3.05) is 42.9 Å². The molecule has 0 aliphatic carbocycles. The lowest BCUT2D eigenvalue weighted by Gasteiger charge is -2.38. The monoisotopic (exact) mass is 512 g/mol. The van der Waals surface area contributed by atoms with Gasteiger partial charge in [0, 0.05) is 55.7 Å². The first-order valence-corrected chi connectivity index (χ1v) is 12.6. The number of fused-ring (bicyclic) bond motifs is 1. The van der Waals surface area contributed by atoms with Crippen LogP contribution in [-0.2, 0) is 4.79 Å². The molecular weight excluding hydrogens is 480 g/mol. The van der Waals surface area contributed by atoms with Crippen molar-refractivity contribution in [1.82, 2.24) is 24.5 Å². The molecule has 0 bridgehead atoms. The van der Waals surface area contributed by atoms with Crippen molar-refractivity contribution in [2.45, 2.75) is 19.4 Å². The molecule has 0 spiro atoms. The van der Waals surface area contributed by atoms with Gasteiger partial charge in [-0.2, -0.15) is 10.1 Å². The first kappa shape index (κ1) is 25.4. The summed E-state index contributed by atoms with van der Waals surface area (Å²) in [7, 11) is 0. The molecule has 0 unspecified atom stereocenters. The van der Waals surface area contributed by atoms with Gasteiger partial charge in [-0.15, -0.1) is 0 Å². The summed E-state index contributed by atoms with van der Waals surface area (Å²) in [5.41, 5.74) is 9.89. The molecule has 0 atom stereocenters. The number of nitrogens with two attached hydrogens (primary N) is 1. The van der Waals surface area contributed by atoms with Gasteiger partial charge in [-0.25, -0.2) is 9.50 Å². The van der Waals surface area contributed by atoms with E-state index in [2.05, 4.69) is 37.3 Å². The Morgan fingerprint density at radius 3 is 2.61 bits per heavy atom. The van der Waals surface area contributed by atoms with Crippen LogP contribution in [0.25, 0.3) is 22.9 Å². The third kappa shape index (κ3) is 6.16. The molecular formula is C28H32N8O2. The van der Waals surface area contributed by atoms with Crippen molar-refractivity contribution in [3.05, 3.63) is 72.7 Å². The Balaban J connectivity index is 1.28. The van der Waals surface area contributed by atoms with Crippen molar-refractivity contribution in [1.29, 1.82) is 0 Å². The summed E-state index contributed by atoms with van der Waals surface area (Å²) < 4.78 is 1.63. The number of hydrogen-bond acceptors (Lipinski definition) is 8. The molecule has 1 amide bonds. The van der Waals surface area contributed by atoms with E-state index in [1.165, 1.54) is 6.08 Å². The van der Waals surface area contributed by atoms with Gasteiger partial charge in [0.25, 0.3) is 0 Å². The number of anilines is 3. The maximum absolute atomic E-state index is 11.1. The van der Waals surface area contributed by atoms with Gasteiger partial charge >= 0.3 is 0 Å². The molecule has 38 heavy (non-hydrogen) atoms. The van der Waals surface area contributed by atoms with Gasteiger partial charge in [-0.3, -0.25) is 9.69 Å². The minimum atomic E-state index is -0.675. The van der Waals surface area contributed by atoms with E-state index in [-0.39, 0.29) is 0 Å². The molecule has 4 aromatic rings. The number of hydrogen-bond donors (Lipinski definition) is 3. The summed E-state index contributed by atoms with van der Waals surface area (Å²) in [6.07, 6.45) is 6.40. The number of carbonyl (C=O) groups excluding carboxylic acids is 1. The normalized spacial score (nSPS) is 14.9. The molecule has 0 radical (unpaired) electrons. The van der Waals surface area contributed by atoms with Gasteiger partial charge in [0.05, 0.1) is 11.8 Å². The van der Waals surface area contributed by atoms with Gasteiger partial charge in [-0.05, 0) is 61.4 Å². The lowest BCUT2D eigenvalue weighted by atomic mass is 10.1. The first-order chi connectivity index (χ1) is 18.2. The summed E-state index contributed by atoms with van der Waals surface area (Å²) in [6.45, 7) is 8.09. The fourth-order valence-electron chi connectivity index (χ4n) is 4.64. The molecule has 5 rings (SSSR count). The number of aromatic nitrogens is 4. The number of benzene rings is 2. The molecule has 10 nitrogen and oxygen atoms in total. The van der Waals surface area contributed by atoms with Crippen LogP contribution in [0.15, 0.2) is 67.1 Å². The molecule has 0 saturated carbocycles. The smallest absolute Gasteiger partial charge is 0.241 e. The molecule has 1 fully saturated rings. The highest BCUT2D eigenvalue weighted by molar-refractivity contribution is 5.90. The Morgan fingerprint density at radius 1 is 1.13 bits per heavy atom. The summed E-state index contributed by atoms with van der Waals surface area (Å²) in [4.78, 5) is 24.9. The van der Waals surface area contributed by atoms with E-state index in [4.69, 9.17) is 10.7 Å². The van der Waals surface area contributed by atoms with Crippen molar-refractivity contribution in [3.63, 3.8) is 0 Å². The SMILES string of the molecule is CC(C)(O)CN1CCN(c2ccc(Nc3ncn4ncc(-c5cccc(C=CC(N)=O)c5)c4n3)cc2)CC1. The Morgan fingerprint density at radius 2 is 1.89 bits per heavy atom. The molecule has 1 aliphatic rings. The molecule has 10 heteroatoms. The van der Waals surface area contributed by atoms with E-state index in [0.717, 1.165) is 54.2 Å². The van der Waals surface area contributed by atoms with Crippen LogP contribution in [0.4, 0.5) is 17.3 Å². The van der Waals surface area contributed by atoms with E-state index >= 15 is 0 Å². The van der Waals surface area contributed by atoms with Crippen molar-refractivity contribution in [2.24, 2.45) is 5.73 Å². The van der Waals surface area contributed by atoms with E-state index in [1.807, 2.05) is 50.2 Å². The van der Waals surface area contributed by atoms with Crippen molar-refractivity contribution in [3.8, 4) is 11.1 Å². The number of nitrogens with one attached hydrogen (secondary N) is 1. The zero-order valence-corrected chi connectivity index (χ0v) is 21.6. The number of aliphatic hydroxyl groups is 1. The molecule has 3 heterocycles. The van der Waals surface area contributed by atoms with Gasteiger partial charge in [0.2, 0.25) is 11.9 Å². The number of piperazine rings is 1. The van der Waals surface area contributed by atoms with E-state index in [9.17, 15) is 9.90 Å². The quantitative estimate of drug-likeness (QED) is 0.308. The lowest BCUT2D eigenvalue weighted by molar-refractivity contribution is -0.113. The van der Waals surface area contributed by atoms with Crippen LogP contribution < -0.4 is 16.0 Å². The fraction of sp³-hybridized carbons (Fsp3) is 0.286. The molecule has 4 N–H and O–H groups in total. The Labute approximate surface area is 221 Å². The summed E-state index contributed by atoms with van der Waals surface area (Å²) in [5.74, 6) is -0.0235. The third-order valence-corrected chi connectivity index (χ3v) is 6.38. The Hall–Kier alpha value is -4.28. The average Bonchev–Trinajstić information content (AvgIpc) is 3.31. The predicted molar refractivity (Wildman–Crippen MR) is 149 cm³/mol. The minimum absolute atomic E-state index is 0.469. The first-order valence-electron chi connectivity index (χ1n) is 12.6. The molecule has 1 saturated heterocycles. The Bertz CT molecular complexity index is 1450. The number of carbonyl (C=O) groups is 1. The van der Waals surface area contributed by atoms with Gasteiger partial charge in [0.15, 0.2) is 5.65 Å². The van der Waals surface area contributed by atoms with Crippen molar-refractivity contribution < 1.29 is 9.90 Å². The standard InChI is InChI=1S/C28H32N8O2/c1-28(2,38)18-34-12-14-35(15-13-34)23-9-7-22(8-10-23)32-27-30-19-36-26(33-27)24(17-31-36)21-5-3-4-20(16-21)6-11-25(29)37/h3-11,16-17,19,38H,12-15,18H2,1-2H3,(H2,29,37)(H,32,33). The second-order valence-corrected chi connectivity index (χ2v) is 10.1. The predicted octanol–water partition coefficient (Wildman–Crippen LogP) is 2.93. The van der Waals surface area contributed by atoms with Crippen LogP contribution >= 0.6 is 0 Å². The van der Waals surface area contributed by atoms with E-state index < -0.39 is 11.5 Å². The number of amides is 1. The van der Waals surface area contributed by atoms with Crippen LogP contribution in [0, 0.1) is 0 Å². The summed E-state index contributed by atoms with van der Waals surface area (Å²) in [5, 5.41) is 17.8. The van der Waals surface area contributed by atoms with Crippen LogP contribution in [0.5, 0.6) is 0 Å². The number of β-amino-alcohol motifs (C(OH)–C–C–N with tert-alkyl or cyclic N) is 1. The molecule has 1 aliphatic heterocycles. The van der Waals surface area contributed by atoms with Crippen LogP contribution in [0.2, 0.25) is 0 Å². The van der Waals surface area contributed by atoms with E-state index in [1.54, 1.807) is 23.1 Å². The maximum atomic E-state index is 11.1. The van der Waals surface area contributed by atoms with Gasteiger partial charge in [-0.1, -0.05) is 18.2 Å². The zero-order valence-electron chi connectivity index (χ0n) is 21.6. The molecule has 196 valence electrons. The second-order valence-electron chi connectivity index (χ2n) is 10.1. The number of rotatable bonds is 8. The van der Waals surface area contributed by atoms with Crippen LogP contribution in [0.3, 0.4) is 0 Å². The van der Waals surface area contributed by atoms with Crippen molar-refractivity contribution >= 4 is 35.0 Å². The highest BCUT2D eigenvalue weighted by Crippen LogP contribution is 2.26. The Kier molecular flexibility index (Phi) is 7.08. The maximum Gasteiger partial charge on any atom is 0.241 e. The molecule has 2 aromatic carbocycles. The lowest BCUT2D eigenvalue weighted by Crippen LogP contribution is -2.50. The van der Waals surface area contributed by atoms with E-state index in [0.29, 0.717) is 18.1 Å². The van der Waals surface area contributed by atoms with Gasteiger partial charge < -0.3 is 21.1 Å². The third-order valence-electron chi connectivity index (χ3n) is 6.38. The number of primary amides is 1. The molecule has 2 aromatic heterocycles. The zero-order chi connectivity index (χ0) is 26.7. The number of nitrogens with zero attached hydrogens (tertiary/aromatic N) is 6.